The van der Waals surface area contributed by atoms with Crippen molar-refractivity contribution in [1.29, 1.82) is 5.26 Å². The SMILES string of the molecule is CCc1cccc(CC)c1NC(=O)COC(=O)COc1ccccc1C#N. The molecule has 0 aromatic heterocycles. The van der Waals surface area contributed by atoms with Gasteiger partial charge in [0.25, 0.3) is 5.91 Å². The van der Waals surface area contributed by atoms with Crippen LogP contribution in [0.15, 0.2) is 42.5 Å². The van der Waals surface area contributed by atoms with Crippen molar-refractivity contribution in [2.45, 2.75) is 26.7 Å². The molecule has 0 aliphatic carbocycles. The Hall–Kier alpha value is -3.33. The van der Waals surface area contributed by atoms with Gasteiger partial charge >= 0.3 is 5.97 Å². The fourth-order valence-corrected chi connectivity index (χ4v) is 2.59. The molecule has 0 saturated carbocycles. The van der Waals surface area contributed by atoms with Gasteiger partial charge in [0.05, 0.1) is 5.56 Å². The lowest BCUT2D eigenvalue weighted by molar-refractivity contribution is -0.149. The van der Waals surface area contributed by atoms with Crippen molar-refractivity contribution in [3.8, 4) is 11.8 Å². The summed E-state index contributed by atoms with van der Waals surface area (Å²) in [5.41, 5.74) is 3.17. The van der Waals surface area contributed by atoms with Gasteiger partial charge in [0, 0.05) is 5.69 Å². The number of esters is 1. The second kappa shape index (κ2) is 9.97. The van der Waals surface area contributed by atoms with Gasteiger partial charge in [-0.05, 0) is 36.1 Å². The first-order valence-electron chi connectivity index (χ1n) is 8.77. The quantitative estimate of drug-likeness (QED) is 0.725. The third kappa shape index (κ3) is 5.58. The minimum Gasteiger partial charge on any atom is -0.481 e. The zero-order valence-electron chi connectivity index (χ0n) is 15.5. The molecule has 0 aliphatic heterocycles. The second-order valence-electron chi connectivity index (χ2n) is 5.76. The van der Waals surface area contributed by atoms with Gasteiger partial charge in [-0.1, -0.05) is 44.2 Å². The number of amides is 1. The number of ether oxygens (including phenoxy) is 2. The van der Waals surface area contributed by atoms with Gasteiger partial charge in [-0.25, -0.2) is 4.79 Å². The summed E-state index contributed by atoms with van der Waals surface area (Å²) < 4.78 is 10.2. The standard InChI is InChI=1S/C21H22N2O4/c1-3-15-9-7-10-16(4-2)21(15)23-19(24)13-27-20(25)14-26-18-11-6-5-8-17(18)12-22/h5-11H,3-4,13-14H2,1-2H3,(H,23,24). The van der Waals surface area contributed by atoms with Gasteiger partial charge in [0.15, 0.2) is 13.2 Å². The van der Waals surface area contributed by atoms with Crippen LogP contribution in [-0.4, -0.2) is 25.1 Å². The number of nitriles is 1. The van der Waals surface area contributed by atoms with E-state index in [1.807, 2.05) is 38.1 Å². The maximum absolute atomic E-state index is 12.2. The Kier molecular flexibility index (Phi) is 7.38. The highest BCUT2D eigenvalue weighted by molar-refractivity contribution is 5.94. The number of para-hydroxylation sites is 2. The third-order valence-corrected chi connectivity index (χ3v) is 3.98. The minimum atomic E-state index is -0.683. The molecule has 140 valence electrons. The molecule has 2 aromatic rings. The van der Waals surface area contributed by atoms with Crippen molar-refractivity contribution in [3.05, 3.63) is 59.2 Å². The Balaban J connectivity index is 1.87. The maximum Gasteiger partial charge on any atom is 0.344 e. The zero-order chi connectivity index (χ0) is 19.6. The van der Waals surface area contributed by atoms with Crippen LogP contribution >= 0.6 is 0 Å². The van der Waals surface area contributed by atoms with Crippen molar-refractivity contribution < 1.29 is 19.1 Å². The van der Waals surface area contributed by atoms with Gasteiger partial charge < -0.3 is 14.8 Å². The number of aryl methyl sites for hydroxylation is 2. The number of anilines is 1. The Bertz CT molecular complexity index is 833. The van der Waals surface area contributed by atoms with E-state index in [0.29, 0.717) is 11.3 Å². The first-order valence-corrected chi connectivity index (χ1v) is 8.77. The molecule has 0 bridgehead atoms. The minimum absolute atomic E-state index is 0.297. The molecule has 0 saturated heterocycles. The summed E-state index contributed by atoms with van der Waals surface area (Å²) in [4.78, 5) is 24.0. The van der Waals surface area contributed by atoms with Crippen LogP contribution in [0, 0.1) is 11.3 Å². The molecule has 1 amide bonds. The van der Waals surface area contributed by atoms with Gasteiger partial charge in [-0.3, -0.25) is 4.79 Å². The number of hydrogen-bond acceptors (Lipinski definition) is 5. The smallest absolute Gasteiger partial charge is 0.344 e. The lowest BCUT2D eigenvalue weighted by Gasteiger charge is -2.14. The van der Waals surface area contributed by atoms with E-state index in [4.69, 9.17) is 14.7 Å². The molecule has 0 fully saturated rings. The number of benzene rings is 2. The molecule has 0 atom stereocenters. The highest BCUT2D eigenvalue weighted by Crippen LogP contribution is 2.22. The summed E-state index contributed by atoms with van der Waals surface area (Å²) in [5, 5.41) is 11.8. The molecule has 0 aliphatic rings. The number of carbonyl (C=O) groups is 2. The molecule has 2 aromatic carbocycles. The first-order chi connectivity index (χ1) is 13.1. The topological polar surface area (TPSA) is 88.4 Å². The molecule has 27 heavy (non-hydrogen) atoms. The summed E-state index contributed by atoms with van der Waals surface area (Å²) in [6.07, 6.45) is 1.57. The molecule has 6 heteroatoms. The number of hydrogen-bond donors (Lipinski definition) is 1. The normalized spacial score (nSPS) is 9.96. The van der Waals surface area contributed by atoms with Crippen LogP contribution in [0.3, 0.4) is 0 Å². The van der Waals surface area contributed by atoms with E-state index in [0.717, 1.165) is 29.7 Å². The molecule has 0 heterocycles. The van der Waals surface area contributed by atoms with E-state index in [-0.39, 0.29) is 6.61 Å². The second-order valence-corrected chi connectivity index (χ2v) is 5.76. The molecular formula is C21H22N2O4. The Morgan fingerprint density at radius 1 is 1.00 bits per heavy atom. The summed E-state index contributed by atoms with van der Waals surface area (Å²) in [7, 11) is 0. The lowest BCUT2D eigenvalue weighted by Crippen LogP contribution is -2.24. The number of nitrogens with zero attached hydrogens (tertiary/aromatic N) is 1. The average Bonchev–Trinajstić information content (AvgIpc) is 2.70. The van der Waals surface area contributed by atoms with Crippen molar-refractivity contribution in [3.63, 3.8) is 0 Å². The van der Waals surface area contributed by atoms with Crippen LogP contribution in [0.1, 0.15) is 30.5 Å². The summed E-state index contributed by atoms with van der Waals surface area (Å²) in [6.45, 7) is 3.25. The molecular weight excluding hydrogens is 344 g/mol. The van der Waals surface area contributed by atoms with Crippen LogP contribution in [0.25, 0.3) is 0 Å². The van der Waals surface area contributed by atoms with Crippen LogP contribution in [-0.2, 0) is 27.2 Å². The molecule has 6 nitrogen and oxygen atoms in total. The van der Waals surface area contributed by atoms with E-state index in [1.54, 1.807) is 24.3 Å². The first kappa shape index (κ1) is 20.0. The highest BCUT2D eigenvalue weighted by atomic mass is 16.6. The van der Waals surface area contributed by atoms with E-state index in [2.05, 4.69) is 5.32 Å². The fraction of sp³-hybridized carbons (Fsp3) is 0.286. The van der Waals surface area contributed by atoms with E-state index < -0.39 is 18.5 Å². The maximum atomic E-state index is 12.2. The summed E-state index contributed by atoms with van der Waals surface area (Å²) in [6, 6.07) is 14.4. The lowest BCUT2D eigenvalue weighted by atomic mass is 10.0. The van der Waals surface area contributed by atoms with Gasteiger partial charge in [0.2, 0.25) is 0 Å². The van der Waals surface area contributed by atoms with E-state index >= 15 is 0 Å². The molecule has 0 radical (unpaired) electrons. The summed E-state index contributed by atoms with van der Waals surface area (Å²) >= 11 is 0. The molecule has 0 spiro atoms. The van der Waals surface area contributed by atoms with Crippen molar-refractivity contribution in [1.82, 2.24) is 0 Å². The van der Waals surface area contributed by atoms with Crippen LogP contribution in [0.5, 0.6) is 5.75 Å². The van der Waals surface area contributed by atoms with Gasteiger partial charge in [0.1, 0.15) is 11.8 Å². The predicted molar refractivity (Wildman–Crippen MR) is 101 cm³/mol. The zero-order valence-corrected chi connectivity index (χ0v) is 15.5. The Morgan fingerprint density at radius 3 is 2.30 bits per heavy atom. The molecule has 2 rings (SSSR count). The number of rotatable bonds is 8. The van der Waals surface area contributed by atoms with Crippen LogP contribution in [0.2, 0.25) is 0 Å². The largest absolute Gasteiger partial charge is 0.481 e. The average molecular weight is 366 g/mol. The Morgan fingerprint density at radius 2 is 1.67 bits per heavy atom. The molecule has 0 unspecified atom stereocenters. The van der Waals surface area contributed by atoms with Gasteiger partial charge in [-0.15, -0.1) is 0 Å². The van der Waals surface area contributed by atoms with E-state index in [9.17, 15) is 9.59 Å². The fourth-order valence-electron chi connectivity index (χ4n) is 2.59. The van der Waals surface area contributed by atoms with Gasteiger partial charge in [-0.2, -0.15) is 5.26 Å². The monoisotopic (exact) mass is 366 g/mol. The van der Waals surface area contributed by atoms with Crippen molar-refractivity contribution in [2.75, 3.05) is 18.5 Å². The third-order valence-electron chi connectivity index (χ3n) is 3.98. The number of carbonyl (C=O) groups excluding carboxylic acids is 2. The van der Waals surface area contributed by atoms with Crippen molar-refractivity contribution >= 4 is 17.6 Å². The summed E-state index contributed by atoms with van der Waals surface area (Å²) in [5.74, 6) is -0.792. The van der Waals surface area contributed by atoms with Crippen molar-refractivity contribution in [2.24, 2.45) is 0 Å². The Labute approximate surface area is 158 Å². The highest BCUT2D eigenvalue weighted by Gasteiger charge is 2.13. The number of nitrogens with one attached hydrogen (secondary N) is 1. The van der Waals surface area contributed by atoms with Crippen LogP contribution < -0.4 is 10.1 Å². The predicted octanol–water partition coefficient (Wildman–Crippen LogP) is 3.24. The molecule has 1 N–H and O–H groups in total. The van der Waals surface area contributed by atoms with Crippen LogP contribution in [0.4, 0.5) is 5.69 Å². The van der Waals surface area contributed by atoms with E-state index in [1.165, 1.54) is 0 Å².